The second kappa shape index (κ2) is 11.0. The number of nitrogens with zero attached hydrogens (tertiary/aromatic N) is 1. The molecule has 1 heterocycles. The van der Waals surface area contributed by atoms with Crippen molar-refractivity contribution in [3.63, 3.8) is 0 Å². The van der Waals surface area contributed by atoms with Gasteiger partial charge in [0.2, 0.25) is 5.90 Å². The number of hydrogen-bond donors (Lipinski definition) is 0. The number of esters is 1. The summed E-state index contributed by atoms with van der Waals surface area (Å²) < 4.78 is 31.5. The van der Waals surface area contributed by atoms with E-state index in [-0.39, 0.29) is 24.0 Å². The largest absolute Gasteiger partial charge is 0.493 e. The fraction of sp³-hybridized carbons (Fsp3) is 0.0667. The summed E-state index contributed by atoms with van der Waals surface area (Å²) in [5.74, 6) is 0.339. The number of benzene rings is 4. The van der Waals surface area contributed by atoms with E-state index in [1.54, 1.807) is 30.3 Å². The highest BCUT2D eigenvalue weighted by Gasteiger charge is 2.24. The molecule has 0 aromatic heterocycles. The Hall–Kier alpha value is -3.98. The van der Waals surface area contributed by atoms with Crippen molar-refractivity contribution in [1.82, 2.24) is 0 Å². The van der Waals surface area contributed by atoms with Gasteiger partial charge in [0.05, 0.1) is 10.7 Å². The number of carbonyl (C=O) groups excluding carboxylic acids is 1. The van der Waals surface area contributed by atoms with Crippen molar-refractivity contribution >= 4 is 40.5 Å². The van der Waals surface area contributed by atoms with Gasteiger partial charge >= 0.3 is 5.97 Å². The fourth-order valence-electron chi connectivity index (χ4n) is 3.85. The predicted molar refractivity (Wildman–Crippen MR) is 149 cm³/mol. The van der Waals surface area contributed by atoms with E-state index >= 15 is 0 Å². The Balaban J connectivity index is 1.37. The number of cyclic esters (lactones) is 1. The molecule has 5 rings (SSSR count). The van der Waals surface area contributed by atoms with Crippen LogP contribution in [0.4, 0.5) is 4.39 Å². The lowest BCUT2D eigenvalue weighted by atomic mass is 10.0. The zero-order chi connectivity index (χ0) is 25.8. The quantitative estimate of drug-likeness (QED) is 0.129. The van der Waals surface area contributed by atoms with Crippen molar-refractivity contribution in [3.05, 3.63) is 123 Å². The van der Waals surface area contributed by atoms with Gasteiger partial charge in [0.15, 0.2) is 17.2 Å². The summed E-state index contributed by atoms with van der Waals surface area (Å²) in [4.78, 5) is 17.0. The molecule has 0 fully saturated rings. The van der Waals surface area contributed by atoms with E-state index in [0.29, 0.717) is 28.2 Å². The molecule has 0 amide bonds. The van der Waals surface area contributed by atoms with Gasteiger partial charge in [-0.1, -0.05) is 60.7 Å². The third-order valence-corrected chi connectivity index (χ3v) is 6.55. The van der Waals surface area contributed by atoms with Crippen LogP contribution in [0.25, 0.3) is 17.2 Å². The SMILES string of the molecule is COc1cc(/C=C2\N=C(c3ccc(-c4ccccc4)cc3)OC2=O)cc(I)c1OCc1ccccc1F. The summed E-state index contributed by atoms with van der Waals surface area (Å²) in [6.07, 6.45) is 1.64. The van der Waals surface area contributed by atoms with E-state index in [1.165, 1.54) is 13.2 Å². The van der Waals surface area contributed by atoms with Gasteiger partial charge in [0.25, 0.3) is 0 Å². The van der Waals surface area contributed by atoms with Crippen molar-refractivity contribution < 1.29 is 23.4 Å². The second-order valence-electron chi connectivity index (χ2n) is 8.19. The van der Waals surface area contributed by atoms with Crippen LogP contribution in [0.2, 0.25) is 0 Å². The third-order valence-electron chi connectivity index (χ3n) is 5.74. The van der Waals surface area contributed by atoms with Crippen molar-refractivity contribution in [2.24, 2.45) is 4.99 Å². The van der Waals surface area contributed by atoms with Crippen LogP contribution in [0.1, 0.15) is 16.7 Å². The molecule has 0 radical (unpaired) electrons. The smallest absolute Gasteiger partial charge is 0.363 e. The van der Waals surface area contributed by atoms with E-state index in [2.05, 4.69) is 27.6 Å². The number of hydrogen-bond acceptors (Lipinski definition) is 5. The first-order chi connectivity index (χ1) is 18.0. The van der Waals surface area contributed by atoms with Gasteiger partial charge in [0.1, 0.15) is 12.4 Å². The maximum absolute atomic E-state index is 14.0. The van der Waals surface area contributed by atoms with Gasteiger partial charge in [-0.25, -0.2) is 14.2 Å². The van der Waals surface area contributed by atoms with E-state index in [0.717, 1.165) is 14.7 Å². The van der Waals surface area contributed by atoms with Crippen LogP contribution in [0, 0.1) is 9.39 Å². The van der Waals surface area contributed by atoms with Crippen LogP contribution >= 0.6 is 22.6 Å². The lowest BCUT2D eigenvalue weighted by Crippen LogP contribution is -2.05. The van der Waals surface area contributed by atoms with E-state index in [1.807, 2.05) is 60.7 Å². The Morgan fingerprint density at radius 1 is 0.919 bits per heavy atom. The molecule has 5 nitrogen and oxygen atoms in total. The average Bonchev–Trinajstić information content (AvgIpc) is 3.29. The Bertz CT molecular complexity index is 1510. The zero-order valence-electron chi connectivity index (χ0n) is 19.8. The fourth-order valence-corrected chi connectivity index (χ4v) is 4.64. The molecule has 0 unspecified atom stereocenters. The lowest BCUT2D eigenvalue weighted by Gasteiger charge is -2.14. The molecule has 0 bridgehead atoms. The molecular formula is C30H21FINO4. The minimum atomic E-state index is -0.531. The van der Waals surface area contributed by atoms with Crippen molar-refractivity contribution in [2.45, 2.75) is 6.61 Å². The topological polar surface area (TPSA) is 57.1 Å². The molecule has 0 N–H and O–H groups in total. The van der Waals surface area contributed by atoms with Gasteiger partial charge in [-0.15, -0.1) is 0 Å². The summed E-state index contributed by atoms with van der Waals surface area (Å²) in [6.45, 7) is 0.0580. The van der Waals surface area contributed by atoms with Crippen molar-refractivity contribution in [1.29, 1.82) is 0 Å². The van der Waals surface area contributed by atoms with Crippen LogP contribution in [0.15, 0.2) is 102 Å². The molecule has 0 aliphatic carbocycles. The van der Waals surface area contributed by atoms with Crippen LogP contribution in [-0.2, 0) is 16.1 Å². The monoisotopic (exact) mass is 605 g/mol. The molecule has 0 spiro atoms. The number of rotatable bonds is 7. The Morgan fingerprint density at radius 2 is 1.59 bits per heavy atom. The first-order valence-electron chi connectivity index (χ1n) is 11.4. The van der Waals surface area contributed by atoms with Crippen molar-refractivity contribution in [2.75, 3.05) is 7.11 Å². The zero-order valence-corrected chi connectivity index (χ0v) is 21.9. The third kappa shape index (κ3) is 5.56. The lowest BCUT2D eigenvalue weighted by molar-refractivity contribution is -0.129. The Kier molecular flexibility index (Phi) is 7.32. The molecule has 1 aliphatic heterocycles. The molecule has 4 aromatic carbocycles. The highest BCUT2D eigenvalue weighted by atomic mass is 127. The van der Waals surface area contributed by atoms with Gasteiger partial charge in [0, 0.05) is 11.1 Å². The summed E-state index contributed by atoms with van der Waals surface area (Å²) in [6, 6.07) is 27.7. The van der Waals surface area contributed by atoms with Crippen LogP contribution in [-0.4, -0.2) is 19.0 Å². The van der Waals surface area contributed by atoms with E-state index in [4.69, 9.17) is 14.2 Å². The van der Waals surface area contributed by atoms with Gasteiger partial charge < -0.3 is 14.2 Å². The maximum Gasteiger partial charge on any atom is 0.363 e. The predicted octanol–water partition coefficient (Wildman–Crippen LogP) is 7.03. The summed E-state index contributed by atoms with van der Waals surface area (Å²) in [5, 5.41) is 0. The van der Waals surface area contributed by atoms with E-state index in [9.17, 15) is 9.18 Å². The molecular weight excluding hydrogens is 584 g/mol. The normalized spacial score (nSPS) is 13.9. The first kappa shape index (κ1) is 24.7. The number of carbonyl (C=O) groups is 1. The molecule has 7 heteroatoms. The van der Waals surface area contributed by atoms with Crippen LogP contribution < -0.4 is 9.47 Å². The molecule has 184 valence electrons. The van der Waals surface area contributed by atoms with Gasteiger partial charge in [-0.3, -0.25) is 0 Å². The van der Waals surface area contributed by atoms with Crippen LogP contribution in [0.3, 0.4) is 0 Å². The molecule has 0 saturated carbocycles. The summed E-state index contributed by atoms with van der Waals surface area (Å²) in [7, 11) is 1.53. The Labute approximate surface area is 227 Å². The molecule has 0 atom stereocenters. The summed E-state index contributed by atoms with van der Waals surface area (Å²) in [5.41, 5.74) is 4.18. The van der Waals surface area contributed by atoms with Crippen molar-refractivity contribution in [3.8, 4) is 22.6 Å². The minimum Gasteiger partial charge on any atom is -0.493 e. The number of methoxy groups -OCH3 is 1. The van der Waals surface area contributed by atoms with Gasteiger partial charge in [-0.05, 0) is 75.7 Å². The van der Waals surface area contributed by atoms with Gasteiger partial charge in [-0.2, -0.15) is 0 Å². The first-order valence-corrected chi connectivity index (χ1v) is 12.5. The number of halogens is 2. The standard InChI is InChI=1S/C30H21FINO4/c1-35-27-17-19(15-25(32)28(27)36-18-23-9-5-6-10-24(23)31)16-26-30(34)37-29(33-26)22-13-11-21(12-14-22)20-7-3-2-4-8-20/h2-17H,18H2,1H3/b26-16-. The maximum atomic E-state index is 14.0. The second-order valence-corrected chi connectivity index (χ2v) is 9.36. The highest BCUT2D eigenvalue weighted by molar-refractivity contribution is 14.1. The summed E-state index contributed by atoms with van der Waals surface area (Å²) >= 11 is 2.12. The Morgan fingerprint density at radius 3 is 2.32 bits per heavy atom. The average molecular weight is 605 g/mol. The molecule has 1 aliphatic rings. The van der Waals surface area contributed by atoms with Crippen LogP contribution in [0.5, 0.6) is 11.5 Å². The molecule has 37 heavy (non-hydrogen) atoms. The number of aliphatic imine (C=N–C) groups is 1. The number of ether oxygens (including phenoxy) is 3. The molecule has 4 aromatic rings. The molecule has 0 saturated heterocycles. The van der Waals surface area contributed by atoms with E-state index < -0.39 is 5.97 Å². The highest BCUT2D eigenvalue weighted by Crippen LogP contribution is 2.36. The minimum absolute atomic E-state index is 0.0580.